The molecule has 0 saturated heterocycles. The van der Waals surface area contributed by atoms with Crippen molar-refractivity contribution in [3.63, 3.8) is 0 Å². The van der Waals surface area contributed by atoms with E-state index in [2.05, 4.69) is 5.16 Å². The Labute approximate surface area is 214 Å². The van der Waals surface area contributed by atoms with Gasteiger partial charge in [0.1, 0.15) is 11.5 Å². The zero-order valence-corrected chi connectivity index (χ0v) is 23.0. The summed E-state index contributed by atoms with van der Waals surface area (Å²) in [6.07, 6.45) is 1.21. The Balaban J connectivity index is 2.37. The number of hydrogen-bond donors (Lipinski definition) is 0. The summed E-state index contributed by atoms with van der Waals surface area (Å²) in [6, 6.07) is 1.62. The molecule has 11 nitrogen and oxygen atoms in total. The van der Waals surface area contributed by atoms with E-state index in [1.54, 1.807) is 40.9 Å². The predicted molar refractivity (Wildman–Crippen MR) is 133 cm³/mol. The summed E-state index contributed by atoms with van der Waals surface area (Å²) in [5.41, 5.74) is -0.624. The Kier molecular flexibility index (Phi) is 13.3. The largest absolute Gasteiger partial charge is 0.476 e. The van der Waals surface area contributed by atoms with E-state index in [0.29, 0.717) is 38.0 Å². The van der Waals surface area contributed by atoms with Crippen LogP contribution < -0.4 is 4.74 Å². The predicted octanol–water partition coefficient (Wildman–Crippen LogP) is 3.48. The van der Waals surface area contributed by atoms with E-state index in [9.17, 15) is 14.4 Å². The fourth-order valence-electron chi connectivity index (χ4n) is 3.17. The molecule has 11 heteroatoms. The number of unbranched alkanes of at least 4 members (excludes halogenated alkanes) is 1. The highest BCUT2D eigenvalue weighted by Gasteiger charge is 2.29. The second kappa shape index (κ2) is 15.3. The molecule has 1 aromatic rings. The molecule has 1 rings (SSSR count). The van der Waals surface area contributed by atoms with Gasteiger partial charge in [0.05, 0.1) is 20.3 Å². The van der Waals surface area contributed by atoms with E-state index in [1.807, 2.05) is 13.8 Å². The molecule has 0 aliphatic heterocycles. The first-order valence-corrected chi connectivity index (χ1v) is 12.3. The van der Waals surface area contributed by atoms with Gasteiger partial charge in [-0.2, -0.15) is 0 Å². The molecule has 1 atom stereocenters. The lowest BCUT2D eigenvalue weighted by Crippen LogP contribution is -2.40. The van der Waals surface area contributed by atoms with Crippen LogP contribution in [0.15, 0.2) is 10.6 Å². The van der Waals surface area contributed by atoms with Gasteiger partial charge in [-0.3, -0.25) is 9.59 Å². The van der Waals surface area contributed by atoms with Crippen LogP contribution >= 0.6 is 0 Å². The van der Waals surface area contributed by atoms with E-state index in [4.69, 9.17) is 23.5 Å². The van der Waals surface area contributed by atoms with Gasteiger partial charge in [0.25, 0.3) is 5.88 Å². The molecule has 0 spiro atoms. The van der Waals surface area contributed by atoms with Crippen LogP contribution in [0.1, 0.15) is 65.6 Å². The number of hydrogen-bond acceptors (Lipinski definition) is 9. The number of methoxy groups -OCH3 is 1. The van der Waals surface area contributed by atoms with Crippen LogP contribution in [0.3, 0.4) is 0 Å². The molecule has 0 aliphatic rings. The van der Waals surface area contributed by atoms with Crippen molar-refractivity contribution in [2.45, 2.75) is 65.4 Å². The van der Waals surface area contributed by atoms with Gasteiger partial charge in [0, 0.05) is 46.3 Å². The van der Waals surface area contributed by atoms with Crippen LogP contribution in [-0.2, 0) is 23.8 Å². The van der Waals surface area contributed by atoms with Gasteiger partial charge in [-0.05, 0) is 44.7 Å². The lowest BCUT2D eigenvalue weighted by Gasteiger charge is -2.27. The minimum Gasteiger partial charge on any atom is -0.476 e. The number of carbonyl (C=O) groups is 3. The van der Waals surface area contributed by atoms with Crippen molar-refractivity contribution < 1.29 is 37.9 Å². The molecule has 0 radical (unpaired) electrons. The smallest absolute Gasteiger partial charge is 0.410 e. The first-order chi connectivity index (χ1) is 16.9. The lowest BCUT2D eigenvalue weighted by atomic mass is 9.93. The van der Waals surface area contributed by atoms with Crippen molar-refractivity contribution >= 4 is 18.0 Å². The third-order valence-electron chi connectivity index (χ3n) is 5.12. The Hall–Kier alpha value is -2.82. The average molecular weight is 514 g/mol. The van der Waals surface area contributed by atoms with Crippen LogP contribution in [-0.4, -0.2) is 92.6 Å². The average Bonchev–Trinajstić information content (AvgIpc) is 3.23. The summed E-state index contributed by atoms with van der Waals surface area (Å²) in [4.78, 5) is 39.4. The maximum absolute atomic E-state index is 12.5. The molecule has 1 unspecified atom stereocenters. The number of ether oxygens (including phenoxy) is 4. The van der Waals surface area contributed by atoms with Crippen molar-refractivity contribution in [1.29, 1.82) is 0 Å². The normalized spacial score (nSPS) is 12.2. The molecule has 0 aliphatic carbocycles. The molecular formula is C25H43N3O8. The molecule has 0 aromatic carbocycles. The molecule has 0 fully saturated rings. The summed E-state index contributed by atoms with van der Waals surface area (Å²) in [5.74, 6) is -0.240. The summed E-state index contributed by atoms with van der Waals surface area (Å²) >= 11 is 0. The van der Waals surface area contributed by atoms with Crippen molar-refractivity contribution in [1.82, 2.24) is 15.0 Å². The Bertz CT molecular complexity index is 816. The zero-order valence-electron chi connectivity index (χ0n) is 23.0. The lowest BCUT2D eigenvalue weighted by molar-refractivity contribution is -0.144. The second-order valence-electron chi connectivity index (χ2n) is 9.99. The van der Waals surface area contributed by atoms with Crippen molar-refractivity contribution in [3.8, 4) is 5.88 Å². The van der Waals surface area contributed by atoms with Crippen molar-refractivity contribution in [2.24, 2.45) is 5.92 Å². The van der Waals surface area contributed by atoms with Gasteiger partial charge in [-0.1, -0.05) is 13.8 Å². The monoisotopic (exact) mass is 513 g/mol. The van der Waals surface area contributed by atoms with E-state index in [1.165, 1.54) is 16.9 Å². The van der Waals surface area contributed by atoms with Gasteiger partial charge in [-0.25, -0.2) is 4.79 Å². The van der Waals surface area contributed by atoms with E-state index in [0.717, 1.165) is 12.8 Å². The van der Waals surface area contributed by atoms with Crippen LogP contribution in [0.4, 0.5) is 4.79 Å². The Morgan fingerprint density at radius 1 is 1.06 bits per heavy atom. The fourth-order valence-corrected chi connectivity index (χ4v) is 3.17. The standard InChI is InChI=1S/C25H43N3O8/c1-18(2)22(23(30)32-8)19-17-20(26-36-19)34-15-10-9-14-33-16-13-28(12-11-21(29)27(6)7)24(31)35-25(3,4)5/h17-18,22H,9-16H2,1-8H3. The van der Waals surface area contributed by atoms with Crippen molar-refractivity contribution in [2.75, 3.05) is 54.1 Å². The van der Waals surface area contributed by atoms with Crippen LogP contribution in [0.5, 0.6) is 5.88 Å². The minimum atomic E-state index is -0.624. The van der Waals surface area contributed by atoms with Crippen LogP contribution in [0.25, 0.3) is 0 Å². The first kappa shape index (κ1) is 31.2. The molecular weight excluding hydrogens is 470 g/mol. The first-order valence-electron chi connectivity index (χ1n) is 12.3. The fraction of sp³-hybridized carbons (Fsp3) is 0.760. The quantitative estimate of drug-likeness (QED) is 0.256. The molecule has 36 heavy (non-hydrogen) atoms. The maximum atomic E-state index is 12.5. The van der Waals surface area contributed by atoms with Gasteiger partial charge in [0.15, 0.2) is 5.76 Å². The summed E-state index contributed by atoms with van der Waals surface area (Å²) in [5, 5.41) is 3.87. The number of amides is 2. The molecule has 0 N–H and O–H groups in total. The minimum absolute atomic E-state index is 0.00452. The highest BCUT2D eigenvalue weighted by Crippen LogP contribution is 2.28. The Morgan fingerprint density at radius 2 is 1.72 bits per heavy atom. The number of aromatic nitrogens is 1. The molecule has 0 bridgehead atoms. The molecule has 2 amide bonds. The zero-order chi connectivity index (χ0) is 27.3. The number of esters is 1. The van der Waals surface area contributed by atoms with Crippen molar-refractivity contribution in [3.05, 3.63) is 11.8 Å². The number of nitrogens with zero attached hydrogens (tertiary/aromatic N) is 3. The van der Waals surface area contributed by atoms with E-state index in [-0.39, 0.29) is 30.8 Å². The molecule has 1 heterocycles. The molecule has 0 saturated carbocycles. The SMILES string of the molecule is COC(=O)C(c1cc(OCCCCOCCN(CCC(=O)N(C)C)C(=O)OC(C)(C)C)no1)C(C)C. The topological polar surface area (TPSA) is 121 Å². The van der Waals surface area contributed by atoms with Gasteiger partial charge in [0.2, 0.25) is 5.91 Å². The number of rotatable bonds is 15. The highest BCUT2D eigenvalue weighted by atomic mass is 16.6. The van der Waals surface area contributed by atoms with E-state index >= 15 is 0 Å². The van der Waals surface area contributed by atoms with E-state index < -0.39 is 17.6 Å². The second-order valence-corrected chi connectivity index (χ2v) is 9.99. The molecule has 206 valence electrons. The summed E-state index contributed by atoms with van der Waals surface area (Å²) < 4.78 is 26.8. The summed E-state index contributed by atoms with van der Waals surface area (Å²) in [7, 11) is 4.70. The van der Waals surface area contributed by atoms with Gasteiger partial charge in [-0.15, -0.1) is 0 Å². The highest BCUT2D eigenvalue weighted by molar-refractivity contribution is 5.77. The maximum Gasteiger partial charge on any atom is 0.410 e. The summed E-state index contributed by atoms with van der Waals surface area (Å²) in [6.45, 7) is 11.0. The van der Waals surface area contributed by atoms with Crippen LogP contribution in [0, 0.1) is 5.92 Å². The number of carbonyl (C=O) groups excluding carboxylic acids is 3. The van der Waals surface area contributed by atoms with Gasteiger partial charge < -0.3 is 33.3 Å². The van der Waals surface area contributed by atoms with Gasteiger partial charge >= 0.3 is 12.1 Å². The third kappa shape index (κ3) is 11.7. The Morgan fingerprint density at radius 3 is 2.31 bits per heavy atom. The van der Waals surface area contributed by atoms with Crippen LogP contribution in [0.2, 0.25) is 0 Å². The third-order valence-corrected chi connectivity index (χ3v) is 5.12. The molecule has 1 aromatic heterocycles.